The highest BCUT2D eigenvalue weighted by atomic mass is 79.9. The van der Waals surface area contributed by atoms with Crippen LogP contribution in [0.2, 0.25) is 0 Å². The van der Waals surface area contributed by atoms with Gasteiger partial charge in [0.15, 0.2) is 0 Å². The summed E-state index contributed by atoms with van der Waals surface area (Å²) >= 11 is 5.63. The van der Waals surface area contributed by atoms with E-state index in [1.807, 2.05) is 0 Å². The summed E-state index contributed by atoms with van der Waals surface area (Å²) in [5.74, 6) is 3.53. The Morgan fingerprint density at radius 1 is 1.40 bits per heavy atom. The minimum absolute atomic E-state index is 0.0600. The fourth-order valence-electron chi connectivity index (χ4n) is 3.19. The minimum atomic E-state index is 0.0600. The molecule has 0 amide bonds. The first kappa shape index (κ1) is 14.7. The van der Waals surface area contributed by atoms with Crippen LogP contribution in [0.1, 0.15) is 44.2 Å². The molecule has 0 aliphatic carbocycles. The van der Waals surface area contributed by atoms with Crippen LogP contribution in [-0.2, 0) is 0 Å². The molecule has 4 heteroatoms. The van der Waals surface area contributed by atoms with E-state index in [1.54, 1.807) is 0 Å². The molecule has 2 aliphatic heterocycles. The van der Waals surface area contributed by atoms with Crippen molar-refractivity contribution in [3.05, 3.63) is 28.2 Å². The summed E-state index contributed by atoms with van der Waals surface area (Å²) in [5, 5.41) is 3.72. The summed E-state index contributed by atoms with van der Waals surface area (Å²) in [6, 6.07) is 6.91. The molecule has 2 aliphatic rings. The van der Waals surface area contributed by atoms with E-state index in [9.17, 15) is 0 Å². The predicted molar refractivity (Wildman–Crippen MR) is 89.7 cm³/mol. The highest BCUT2D eigenvalue weighted by Gasteiger charge is 2.41. The number of benzene rings is 1. The van der Waals surface area contributed by atoms with Crippen molar-refractivity contribution in [1.29, 1.82) is 0 Å². The minimum Gasteiger partial charge on any atom is -0.487 e. The Bertz CT molecular complexity index is 474. The van der Waals surface area contributed by atoms with Crippen molar-refractivity contribution in [2.75, 3.05) is 18.1 Å². The molecule has 1 atom stereocenters. The lowest BCUT2D eigenvalue weighted by atomic mass is 9.83. The van der Waals surface area contributed by atoms with Gasteiger partial charge < -0.3 is 10.1 Å². The van der Waals surface area contributed by atoms with Gasteiger partial charge in [-0.05, 0) is 49.4 Å². The van der Waals surface area contributed by atoms with E-state index in [0.717, 1.165) is 23.2 Å². The smallest absolute Gasteiger partial charge is 0.126 e. The molecule has 1 fully saturated rings. The van der Waals surface area contributed by atoms with Gasteiger partial charge in [-0.15, -0.1) is 0 Å². The number of hydrogen-bond donors (Lipinski definition) is 1. The van der Waals surface area contributed by atoms with Gasteiger partial charge in [-0.2, -0.15) is 11.8 Å². The Kier molecular flexibility index (Phi) is 4.63. The molecule has 1 unspecified atom stereocenters. The number of hydrogen-bond acceptors (Lipinski definition) is 3. The van der Waals surface area contributed by atoms with Crippen molar-refractivity contribution in [3.63, 3.8) is 0 Å². The third-order valence-corrected chi connectivity index (χ3v) is 5.78. The van der Waals surface area contributed by atoms with Crippen LogP contribution in [0.25, 0.3) is 0 Å². The summed E-state index contributed by atoms with van der Waals surface area (Å²) in [6.45, 7) is 3.30. The van der Waals surface area contributed by atoms with Crippen molar-refractivity contribution in [3.8, 4) is 5.75 Å². The Morgan fingerprint density at radius 2 is 2.20 bits per heavy atom. The zero-order valence-corrected chi connectivity index (χ0v) is 14.4. The summed E-state index contributed by atoms with van der Waals surface area (Å²) in [6.07, 6.45) is 4.64. The van der Waals surface area contributed by atoms with Crippen LogP contribution < -0.4 is 10.1 Å². The summed E-state index contributed by atoms with van der Waals surface area (Å²) in [4.78, 5) is 0. The maximum atomic E-state index is 6.47. The molecule has 0 bridgehead atoms. The van der Waals surface area contributed by atoms with E-state index in [0.29, 0.717) is 6.04 Å². The lowest BCUT2D eigenvalue weighted by Crippen LogP contribution is -2.46. The van der Waals surface area contributed by atoms with Gasteiger partial charge in [0.2, 0.25) is 0 Å². The number of rotatable bonds is 3. The number of nitrogens with one attached hydrogen (secondary N) is 1. The van der Waals surface area contributed by atoms with E-state index in [1.165, 1.54) is 36.3 Å². The van der Waals surface area contributed by atoms with Crippen molar-refractivity contribution >= 4 is 27.7 Å². The van der Waals surface area contributed by atoms with Crippen LogP contribution in [-0.4, -0.2) is 23.7 Å². The number of halogens is 1. The Labute approximate surface area is 134 Å². The average Bonchev–Trinajstić information content (AvgIpc) is 2.45. The number of fused-ring (bicyclic) bond motifs is 1. The maximum Gasteiger partial charge on any atom is 0.126 e. The topological polar surface area (TPSA) is 21.3 Å². The van der Waals surface area contributed by atoms with Gasteiger partial charge in [-0.25, -0.2) is 0 Å². The molecule has 3 rings (SSSR count). The number of thioether (sulfide) groups is 1. The van der Waals surface area contributed by atoms with E-state index in [2.05, 4.69) is 58.1 Å². The highest BCUT2D eigenvalue weighted by Crippen LogP contribution is 2.46. The van der Waals surface area contributed by atoms with E-state index < -0.39 is 0 Å². The van der Waals surface area contributed by atoms with Crippen molar-refractivity contribution in [2.24, 2.45) is 0 Å². The zero-order valence-electron chi connectivity index (χ0n) is 12.0. The first-order chi connectivity index (χ1) is 9.72. The molecule has 0 aromatic heterocycles. The molecule has 0 saturated carbocycles. The van der Waals surface area contributed by atoms with Gasteiger partial charge in [0.25, 0.3) is 0 Å². The lowest BCUT2D eigenvalue weighted by molar-refractivity contribution is 0.0225. The SMILES string of the molecule is CCCNC1CC2(CCSCC2)Oc2cc(Br)ccc21. The fraction of sp³-hybridized carbons (Fsp3) is 0.625. The molecule has 20 heavy (non-hydrogen) atoms. The molecule has 1 saturated heterocycles. The van der Waals surface area contributed by atoms with Crippen LogP contribution in [0, 0.1) is 0 Å². The van der Waals surface area contributed by atoms with E-state index in [4.69, 9.17) is 4.74 Å². The van der Waals surface area contributed by atoms with Crippen molar-refractivity contribution < 1.29 is 4.74 Å². The molecule has 1 spiro atoms. The summed E-state index contributed by atoms with van der Waals surface area (Å²) in [7, 11) is 0. The normalized spacial score (nSPS) is 24.2. The highest BCUT2D eigenvalue weighted by molar-refractivity contribution is 9.10. The molecular formula is C16H22BrNOS. The predicted octanol–water partition coefficient (Wildman–Crippen LogP) is 4.54. The van der Waals surface area contributed by atoms with Gasteiger partial charge in [-0.3, -0.25) is 0 Å². The lowest BCUT2D eigenvalue weighted by Gasteiger charge is -2.44. The van der Waals surface area contributed by atoms with Crippen molar-refractivity contribution in [1.82, 2.24) is 5.32 Å². The number of ether oxygens (including phenoxy) is 1. The van der Waals surface area contributed by atoms with Crippen LogP contribution in [0.4, 0.5) is 0 Å². The summed E-state index contributed by atoms with van der Waals surface area (Å²) < 4.78 is 7.57. The summed E-state index contributed by atoms with van der Waals surface area (Å²) in [5.41, 5.74) is 1.38. The van der Waals surface area contributed by atoms with Gasteiger partial charge in [0, 0.05) is 22.5 Å². The maximum absolute atomic E-state index is 6.47. The van der Waals surface area contributed by atoms with Gasteiger partial charge >= 0.3 is 0 Å². The second kappa shape index (κ2) is 6.29. The molecule has 1 aromatic carbocycles. The molecule has 1 N–H and O–H groups in total. The monoisotopic (exact) mass is 355 g/mol. The third kappa shape index (κ3) is 3.02. The first-order valence-corrected chi connectivity index (χ1v) is 9.47. The third-order valence-electron chi connectivity index (χ3n) is 4.30. The first-order valence-electron chi connectivity index (χ1n) is 7.52. The Morgan fingerprint density at radius 3 is 2.95 bits per heavy atom. The van der Waals surface area contributed by atoms with E-state index >= 15 is 0 Å². The molecule has 1 aromatic rings. The standard InChI is InChI=1S/C16H22BrNOS/c1-2-7-18-14-11-16(5-8-20-9-6-16)19-15-10-12(17)3-4-13(14)15/h3-4,10,14,18H,2,5-9,11H2,1H3. The van der Waals surface area contributed by atoms with E-state index in [-0.39, 0.29) is 5.60 Å². The fourth-order valence-corrected chi connectivity index (χ4v) is 4.77. The molecule has 2 heterocycles. The molecular weight excluding hydrogens is 334 g/mol. The van der Waals surface area contributed by atoms with Gasteiger partial charge in [0.1, 0.15) is 11.4 Å². The second-order valence-corrected chi connectivity index (χ2v) is 7.93. The van der Waals surface area contributed by atoms with Crippen LogP contribution in [0.15, 0.2) is 22.7 Å². The zero-order chi connectivity index (χ0) is 14.0. The Balaban J connectivity index is 1.90. The van der Waals surface area contributed by atoms with Crippen molar-refractivity contribution in [2.45, 2.75) is 44.2 Å². The molecule has 110 valence electrons. The quantitative estimate of drug-likeness (QED) is 0.859. The van der Waals surface area contributed by atoms with Crippen LogP contribution in [0.5, 0.6) is 5.75 Å². The van der Waals surface area contributed by atoms with Gasteiger partial charge in [0.05, 0.1) is 0 Å². The second-order valence-electron chi connectivity index (χ2n) is 5.79. The van der Waals surface area contributed by atoms with Crippen LogP contribution >= 0.6 is 27.7 Å². The van der Waals surface area contributed by atoms with Crippen LogP contribution in [0.3, 0.4) is 0 Å². The Hall–Kier alpha value is -0.190. The molecule has 2 nitrogen and oxygen atoms in total. The van der Waals surface area contributed by atoms with Gasteiger partial charge in [-0.1, -0.05) is 28.9 Å². The largest absolute Gasteiger partial charge is 0.487 e. The molecule has 0 radical (unpaired) electrons. The average molecular weight is 356 g/mol.